The predicted octanol–water partition coefficient (Wildman–Crippen LogP) is 5.01. The van der Waals surface area contributed by atoms with Gasteiger partial charge >= 0.3 is 0 Å². The molecule has 0 bridgehead atoms. The number of unbranched alkanes of at least 4 members (excludes halogenated alkanes) is 1. The van der Waals surface area contributed by atoms with E-state index in [9.17, 15) is 9.18 Å². The monoisotopic (exact) mass is 292 g/mol. The van der Waals surface area contributed by atoms with Crippen molar-refractivity contribution in [1.82, 2.24) is 0 Å². The van der Waals surface area contributed by atoms with Crippen LogP contribution in [-0.4, -0.2) is 12.9 Å². The average Bonchev–Trinajstić information content (AvgIpc) is 2.52. The number of carbonyl (C=O) groups excluding carboxylic acids is 1. The van der Waals surface area contributed by atoms with Crippen LogP contribution in [0, 0.1) is 17.7 Å². The van der Waals surface area contributed by atoms with Crippen LogP contribution in [0.1, 0.15) is 62.2 Å². The minimum absolute atomic E-state index is 0.0654. The number of halogens is 1. The van der Waals surface area contributed by atoms with Crippen LogP contribution >= 0.6 is 0 Å². The molecule has 0 saturated heterocycles. The van der Waals surface area contributed by atoms with E-state index in [1.165, 1.54) is 38.5 Å². The molecule has 3 heteroatoms. The zero-order chi connectivity index (χ0) is 15.2. The molecule has 21 heavy (non-hydrogen) atoms. The average molecular weight is 292 g/mol. The fourth-order valence-corrected chi connectivity index (χ4v) is 3.26. The summed E-state index contributed by atoms with van der Waals surface area (Å²) in [6.07, 6.45) is 7.97. The first-order chi connectivity index (χ1) is 10.2. The van der Waals surface area contributed by atoms with E-state index < -0.39 is 5.82 Å². The molecule has 1 aromatic carbocycles. The summed E-state index contributed by atoms with van der Waals surface area (Å²) in [5, 5.41) is 0. The van der Waals surface area contributed by atoms with Crippen molar-refractivity contribution in [1.29, 1.82) is 0 Å². The van der Waals surface area contributed by atoms with Crippen LogP contribution < -0.4 is 4.74 Å². The van der Waals surface area contributed by atoms with E-state index in [0.29, 0.717) is 5.56 Å². The highest BCUT2D eigenvalue weighted by atomic mass is 19.1. The van der Waals surface area contributed by atoms with Gasteiger partial charge in [0.25, 0.3) is 0 Å². The van der Waals surface area contributed by atoms with Gasteiger partial charge in [-0.3, -0.25) is 4.79 Å². The quantitative estimate of drug-likeness (QED) is 0.689. The Labute approximate surface area is 126 Å². The number of methoxy groups -OCH3 is 1. The fourth-order valence-electron chi connectivity index (χ4n) is 3.26. The smallest absolute Gasteiger partial charge is 0.166 e. The molecular formula is C18H25FO2. The lowest BCUT2D eigenvalue weighted by atomic mass is 9.77. The Hall–Kier alpha value is -1.38. The van der Waals surface area contributed by atoms with Crippen molar-refractivity contribution in [3.8, 4) is 5.75 Å². The second kappa shape index (κ2) is 7.58. The van der Waals surface area contributed by atoms with E-state index in [1.54, 1.807) is 6.07 Å². The van der Waals surface area contributed by atoms with Crippen molar-refractivity contribution >= 4 is 5.78 Å². The first-order valence-electron chi connectivity index (χ1n) is 8.03. The molecule has 0 amide bonds. The van der Waals surface area contributed by atoms with Crippen molar-refractivity contribution < 1.29 is 13.9 Å². The number of Topliss-reactive ketones (excluding diaryl/α,β-unsaturated/α-hetero) is 1. The molecule has 1 fully saturated rings. The molecule has 1 aliphatic rings. The second-order valence-electron chi connectivity index (χ2n) is 6.07. The third-order valence-corrected chi connectivity index (χ3v) is 4.62. The van der Waals surface area contributed by atoms with Gasteiger partial charge in [-0.2, -0.15) is 0 Å². The summed E-state index contributed by atoms with van der Waals surface area (Å²) in [6, 6.07) is 4.52. The van der Waals surface area contributed by atoms with Crippen LogP contribution in [0.15, 0.2) is 18.2 Å². The lowest BCUT2D eigenvalue weighted by Crippen LogP contribution is -2.22. The van der Waals surface area contributed by atoms with Gasteiger partial charge in [0.15, 0.2) is 17.3 Å². The summed E-state index contributed by atoms with van der Waals surface area (Å²) < 4.78 is 18.6. The molecule has 0 aromatic heterocycles. The van der Waals surface area contributed by atoms with Gasteiger partial charge in [-0.15, -0.1) is 0 Å². The van der Waals surface area contributed by atoms with E-state index in [0.717, 1.165) is 31.6 Å². The Kier molecular flexibility index (Phi) is 5.77. The SMILES string of the molecule is CCCCC1CCC(C(=O)c2ccc(OC)c(F)c2)CC1. The molecule has 0 unspecified atom stereocenters. The molecule has 0 heterocycles. The minimum atomic E-state index is -0.458. The van der Waals surface area contributed by atoms with E-state index in [1.807, 2.05) is 0 Å². The minimum Gasteiger partial charge on any atom is -0.494 e. The van der Waals surface area contributed by atoms with Crippen molar-refractivity contribution in [2.45, 2.75) is 51.9 Å². The molecule has 0 aliphatic heterocycles. The van der Waals surface area contributed by atoms with Crippen LogP contribution in [0.4, 0.5) is 4.39 Å². The van der Waals surface area contributed by atoms with Crippen LogP contribution in [0.2, 0.25) is 0 Å². The Morgan fingerprint density at radius 2 is 2.00 bits per heavy atom. The molecule has 1 saturated carbocycles. The lowest BCUT2D eigenvalue weighted by Gasteiger charge is -2.27. The van der Waals surface area contributed by atoms with E-state index >= 15 is 0 Å². The molecule has 2 nitrogen and oxygen atoms in total. The predicted molar refractivity (Wildman–Crippen MR) is 82.3 cm³/mol. The van der Waals surface area contributed by atoms with Gasteiger partial charge in [-0.05, 0) is 49.8 Å². The number of carbonyl (C=O) groups is 1. The highest BCUT2D eigenvalue weighted by Crippen LogP contribution is 2.34. The Bertz CT molecular complexity index is 476. The summed E-state index contributed by atoms with van der Waals surface area (Å²) in [5.41, 5.74) is 0.477. The highest BCUT2D eigenvalue weighted by molar-refractivity contribution is 5.98. The van der Waals surface area contributed by atoms with Gasteiger partial charge in [-0.25, -0.2) is 4.39 Å². The topological polar surface area (TPSA) is 26.3 Å². The van der Waals surface area contributed by atoms with Crippen molar-refractivity contribution in [2.24, 2.45) is 11.8 Å². The summed E-state index contributed by atoms with van der Waals surface area (Å²) >= 11 is 0. The molecular weight excluding hydrogens is 267 g/mol. The van der Waals surface area contributed by atoms with Gasteiger partial charge in [0.05, 0.1) is 7.11 Å². The summed E-state index contributed by atoms with van der Waals surface area (Å²) in [5.74, 6) is 0.664. The van der Waals surface area contributed by atoms with Gasteiger partial charge in [0.2, 0.25) is 0 Å². The molecule has 0 radical (unpaired) electrons. The van der Waals surface area contributed by atoms with Crippen molar-refractivity contribution in [2.75, 3.05) is 7.11 Å². The van der Waals surface area contributed by atoms with E-state index in [2.05, 4.69) is 6.92 Å². The number of benzene rings is 1. The van der Waals surface area contributed by atoms with Crippen LogP contribution in [0.5, 0.6) is 5.75 Å². The van der Waals surface area contributed by atoms with E-state index in [-0.39, 0.29) is 17.5 Å². The molecule has 116 valence electrons. The normalized spacial score (nSPS) is 22.0. The first-order valence-corrected chi connectivity index (χ1v) is 8.03. The first kappa shape index (κ1) is 16.0. The largest absolute Gasteiger partial charge is 0.494 e. The second-order valence-corrected chi connectivity index (χ2v) is 6.07. The highest BCUT2D eigenvalue weighted by Gasteiger charge is 2.27. The maximum absolute atomic E-state index is 13.7. The summed E-state index contributed by atoms with van der Waals surface area (Å²) in [6.45, 7) is 2.22. The number of rotatable bonds is 6. The fraction of sp³-hybridized carbons (Fsp3) is 0.611. The van der Waals surface area contributed by atoms with Gasteiger partial charge in [0, 0.05) is 11.5 Å². The molecule has 0 N–H and O–H groups in total. The molecule has 0 atom stereocenters. The van der Waals surface area contributed by atoms with Crippen molar-refractivity contribution in [3.63, 3.8) is 0 Å². The maximum atomic E-state index is 13.7. The molecule has 1 aromatic rings. The number of ketones is 1. The third kappa shape index (κ3) is 4.05. The molecule has 1 aliphatic carbocycles. The Morgan fingerprint density at radius 1 is 1.29 bits per heavy atom. The Balaban J connectivity index is 1.94. The summed E-state index contributed by atoms with van der Waals surface area (Å²) in [4.78, 5) is 12.5. The Morgan fingerprint density at radius 3 is 2.57 bits per heavy atom. The zero-order valence-electron chi connectivity index (χ0n) is 13.0. The molecule has 2 rings (SSSR count). The third-order valence-electron chi connectivity index (χ3n) is 4.62. The number of hydrogen-bond acceptors (Lipinski definition) is 2. The zero-order valence-corrected chi connectivity index (χ0v) is 13.0. The van der Waals surface area contributed by atoms with Crippen LogP contribution in [0.3, 0.4) is 0 Å². The van der Waals surface area contributed by atoms with Crippen LogP contribution in [-0.2, 0) is 0 Å². The summed E-state index contributed by atoms with van der Waals surface area (Å²) in [7, 11) is 1.43. The standard InChI is InChI=1S/C18H25FO2/c1-3-4-5-13-6-8-14(9-7-13)18(20)15-10-11-17(21-2)16(19)12-15/h10-14H,3-9H2,1-2H3. The van der Waals surface area contributed by atoms with Gasteiger partial charge < -0.3 is 4.74 Å². The van der Waals surface area contributed by atoms with E-state index in [4.69, 9.17) is 4.74 Å². The maximum Gasteiger partial charge on any atom is 0.166 e. The molecule has 0 spiro atoms. The lowest BCUT2D eigenvalue weighted by molar-refractivity contribution is 0.0869. The number of hydrogen-bond donors (Lipinski definition) is 0. The van der Waals surface area contributed by atoms with Crippen molar-refractivity contribution in [3.05, 3.63) is 29.6 Å². The van der Waals surface area contributed by atoms with Crippen LogP contribution in [0.25, 0.3) is 0 Å². The van der Waals surface area contributed by atoms with Gasteiger partial charge in [-0.1, -0.05) is 26.2 Å². The number of ether oxygens (including phenoxy) is 1. The van der Waals surface area contributed by atoms with Gasteiger partial charge in [0.1, 0.15) is 0 Å².